The second-order valence-electron chi connectivity index (χ2n) is 7.21. The van der Waals surface area contributed by atoms with Crippen molar-refractivity contribution in [3.8, 4) is 0 Å². The van der Waals surface area contributed by atoms with Crippen molar-refractivity contribution in [2.75, 3.05) is 29.6 Å². The van der Waals surface area contributed by atoms with Crippen molar-refractivity contribution in [3.63, 3.8) is 0 Å². The lowest BCUT2D eigenvalue weighted by atomic mass is 10.0. The molecule has 2 amide bonds. The lowest BCUT2D eigenvalue weighted by Gasteiger charge is -2.37. The molecule has 2 aromatic carbocycles. The maximum Gasteiger partial charge on any atom is 0.331 e. The first-order chi connectivity index (χ1) is 14.5. The molecule has 1 aliphatic rings. The van der Waals surface area contributed by atoms with Crippen LogP contribution >= 0.6 is 36.2 Å². The van der Waals surface area contributed by atoms with Crippen LogP contribution in [-0.4, -0.2) is 40.7 Å². The van der Waals surface area contributed by atoms with Gasteiger partial charge in [0, 0.05) is 52.0 Å². The Morgan fingerprint density at radius 1 is 1.20 bits per heavy atom. The van der Waals surface area contributed by atoms with Crippen LogP contribution in [0.1, 0.15) is 12.8 Å². The van der Waals surface area contributed by atoms with Gasteiger partial charge in [-0.25, -0.2) is 4.79 Å². The molecule has 1 fully saturated rings. The number of thiol groups is 1. The zero-order chi connectivity index (χ0) is 21.1. The van der Waals surface area contributed by atoms with E-state index in [1.54, 1.807) is 11.8 Å². The summed E-state index contributed by atoms with van der Waals surface area (Å²) >= 11 is 12.3. The van der Waals surface area contributed by atoms with Crippen LogP contribution in [0, 0.1) is 0 Å². The Morgan fingerprint density at radius 3 is 2.63 bits per heavy atom. The van der Waals surface area contributed by atoms with Crippen LogP contribution in [0.4, 0.5) is 16.2 Å². The van der Waals surface area contributed by atoms with Gasteiger partial charge in [0.1, 0.15) is 0 Å². The van der Waals surface area contributed by atoms with Gasteiger partial charge in [-0.15, -0.1) is 11.8 Å². The highest BCUT2D eigenvalue weighted by molar-refractivity contribution is 7.98. The first-order valence-corrected chi connectivity index (χ1v) is 11.8. The Kier molecular flexibility index (Phi) is 6.61. The summed E-state index contributed by atoms with van der Waals surface area (Å²) in [5.74, 6) is 0. The van der Waals surface area contributed by atoms with E-state index in [9.17, 15) is 4.79 Å². The van der Waals surface area contributed by atoms with Gasteiger partial charge in [0.15, 0.2) is 0 Å². The minimum absolute atomic E-state index is 0.0811. The van der Waals surface area contributed by atoms with Gasteiger partial charge < -0.3 is 10.2 Å². The fourth-order valence-corrected chi connectivity index (χ4v) is 4.61. The summed E-state index contributed by atoms with van der Waals surface area (Å²) in [5, 5.41) is 4.71. The molecule has 8 heteroatoms. The van der Waals surface area contributed by atoms with E-state index in [4.69, 9.17) is 11.6 Å². The zero-order valence-electron chi connectivity index (χ0n) is 16.6. The maximum atomic E-state index is 12.6. The number of halogens is 1. The van der Waals surface area contributed by atoms with Gasteiger partial charge in [-0.2, -0.15) is 0 Å². The van der Waals surface area contributed by atoms with E-state index in [2.05, 4.69) is 28.0 Å². The van der Waals surface area contributed by atoms with Gasteiger partial charge >= 0.3 is 6.03 Å². The Morgan fingerprint density at radius 2 is 1.93 bits per heavy atom. The van der Waals surface area contributed by atoms with Gasteiger partial charge in [-0.1, -0.05) is 24.4 Å². The first kappa shape index (κ1) is 21.2. The third-order valence-corrected chi connectivity index (χ3v) is 6.87. The molecule has 0 unspecified atom stereocenters. The molecule has 1 aromatic heterocycles. The van der Waals surface area contributed by atoms with Crippen molar-refractivity contribution in [3.05, 3.63) is 59.8 Å². The molecule has 5 nitrogen and oxygen atoms in total. The van der Waals surface area contributed by atoms with Crippen LogP contribution in [0.2, 0.25) is 5.02 Å². The van der Waals surface area contributed by atoms with Crippen molar-refractivity contribution < 1.29 is 4.79 Å². The molecule has 3 aromatic rings. The molecule has 1 N–H and O–H groups in total. The molecule has 0 aliphatic carbocycles. The number of amides is 2. The number of thioether (sulfide) groups is 1. The monoisotopic (exact) mass is 458 g/mol. The number of nitrogens with one attached hydrogen (secondary N) is 1. The Bertz CT molecular complexity index is 1040. The summed E-state index contributed by atoms with van der Waals surface area (Å²) in [6.07, 6.45) is 5.54. The molecule has 0 saturated carbocycles. The molecular formula is C22H23ClN4OS2. The van der Waals surface area contributed by atoms with Crippen LogP contribution in [0.3, 0.4) is 0 Å². The largest absolute Gasteiger partial charge is 0.371 e. The molecule has 156 valence electrons. The fraction of sp³-hybridized carbons (Fsp3) is 0.273. The number of urea groups is 1. The van der Waals surface area contributed by atoms with Gasteiger partial charge in [0.25, 0.3) is 0 Å². The molecule has 2 heterocycles. The lowest BCUT2D eigenvalue weighted by molar-refractivity contribution is 0.223. The van der Waals surface area contributed by atoms with Crippen LogP contribution in [0.25, 0.3) is 10.9 Å². The van der Waals surface area contributed by atoms with E-state index in [0.29, 0.717) is 5.02 Å². The van der Waals surface area contributed by atoms with Crippen molar-refractivity contribution in [1.29, 1.82) is 0 Å². The average Bonchev–Trinajstić information content (AvgIpc) is 2.78. The van der Waals surface area contributed by atoms with E-state index >= 15 is 0 Å². The summed E-state index contributed by atoms with van der Waals surface area (Å²) < 4.78 is 1.53. The van der Waals surface area contributed by atoms with Gasteiger partial charge in [0.05, 0.1) is 5.52 Å². The Labute approximate surface area is 191 Å². The first-order valence-electron chi connectivity index (χ1n) is 9.77. The van der Waals surface area contributed by atoms with E-state index in [-0.39, 0.29) is 12.1 Å². The van der Waals surface area contributed by atoms with E-state index in [1.165, 1.54) is 4.31 Å². The minimum atomic E-state index is -0.197. The summed E-state index contributed by atoms with van der Waals surface area (Å²) in [6.45, 7) is 1.69. The lowest BCUT2D eigenvalue weighted by Crippen LogP contribution is -2.44. The minimum Gasteiger partial charge on any atom is -0.371 e. The molecule has 0 spiro atoms. The van der Waals surface area contributed by atoms with Crippen LogP contribution in [0.5, 0.6) is 0 Å². The molecular weight excluding hydrogens is 436 g/mol. The van der Waals surface area contributed by atoms with Crippen molar-refractivity contribution in [2.24, 2.45) is 0 Å². The highest BCUT2D eigenvalue weighted by atomic mass is 35.5. The zero-order valence-corrected chi connectivity index (χ0v) is 19.1. The molecule has 0 bridgehead atoms. The SMILES string of the molecule is CSc1ccc(NC(=O)N(S)C2CCN(c3ccnc4cc(Cl)ccc34)CC2)cc1. The van der Waals surface area contributed by atoms with Gasteiger partial charge in [-0.05, 0) is 67.6 Å². The number of piperidine rings is 1. The number of carbonyl (C=O) groups excluding carboxylic acids is 1. The van der Waals surface area contributed by atoms with E-state index in [1.807, 2.05) is 61.0 Å². The standard InChI is InChI=1S/C22H23ClN4OS2/c1-30-18-5-3-16(4-6-18)25-22(28)27(29)17-9-12-26(13-10-17)21-8-11-24-20-14-15(23)2-7-19(20)21/h2-8,11,14,17,29H,9-10,12-13H2,1H3,(H,25,28). The number of hydrogen-bond donors (Lipinski definition) is 2. The summed E-state index contributed by atoms with van der Waals surface area (Å²) in [4.78, 5) is 20.6. The average molecular weight is 459 g/mol. The van der Waals surface area contributed by atoms with Gasteiger partial charge in [0.2, 0.25) is 0 Å². The number of anilines is 2. The van der Waals surface area contributed by atoms with E-state index < -0.39 is 0 Å². The Balaban J connectivity index is 1.38. The fourth-order valence-electron chi connectivity index (χ4n) is 3.75. The third kappa shape index (κ3) is 4.63. The molecule has 1 saturated heterocycles. The van der Waals surface area contributed by atoms with Crippen LogP contribution in [-0.2, 0) is 0 Å². The summed E-state index contributed by atoms with van der Waals surface area (Å²) in [5.41, 5.74) is 2.82. The Hall–Kier alpha value is -2.09. The molecule has 0 radical (unpaired) electrons. The number of hydrogen-bond acceptors (Lipinski definition) is 5. The number of pyridine rings is 1. The number of aromatic nitrogens is 1. The smallest absolute Gasteiger partial charge is 0.331 e. The van der Waals surface area contributed by atoms with Crippen LogP contribution < -0.4 is 10.2 Å². The predicted molar refractivity (Wildman–Crippen MR) is 130 cm³/mol. The molecule has 4 rings (SSSR count). The highest BCUT2D eigenvalue weighted by Gasteiger charge is 2.27. The van der Waals surface area contributed by atoms with Crippen molar-refractivity contribution >= 4 is 64.5 Å². The quantitative estimate of drug-likeness (QED) is 0.374. The molecule has 1 aliphatic heterocycles. The third-order valence-electron chi connectivity index (χ3n) is 5.38. The maximum absolute atomic E-state index is 12.6. The number of fused-ring (bicyclic) bond motifs is 1. The molecule has 30 heavy (non-hydrogen) atoms. The van der Waals surface area contributed by atoms with Crippen LogP contribution in [0.15, 0.2) is 59.6 Å². The van der Waals surface area contributed by atoms with Gasteiger partial charge in [-0.3, -0.25) is 9.29 Å². The second kappa shape index (κ2) is 9.37. The number of nitrogens with zero attached hydrogens (tertiary/aromatic N) is 3. The number of benzene rings is 2. The number of carbonyl (C=O) groups is 1. The highest BCUT2D eigenvalue weighted by Crippen LogP contribution is 2.30. The topological polar surface area (TPSA) is 48.5 Å². The number of rotatable bonds is 4. The predicted octanol–water partition coefficient (Wildman–Crippen LogP) is 5.96. The normalized spacial score (nSPS) is 14.7. The van der Waals surface area contributed by atoms with E-state index in [0.717, 1.165) is 53.1 Å². The summed E-state index contributed by atoms with van der Waals surface area (Å²) in [6, 6.07) is 15.5. The molecule has 0 atom stereocenters. The summed E-state index contributed by atoms with van der Waals surface area (Å²) in [7, 11) is 0. The second-order valence-corrected chi connectivity index (χ2v) is 8.96. The van der Waals surface area contributed by atoms with Crippen molar-refractivity contribution in [2.45, 2.75) is 23.8 Å². The van der Waals surface area contributed by atoms with Crippen molar-refractivity contribution in [1.82, 2.24) is 9.29 Å².